The van der Waals surface area contributed by atoms with E-state index in [0.717, 1.165) is 22.5 Å². The summed E-state index contributed by atoms with van der Waals surface area (Å²) in [6.45, 7) is 0. The molecule has 4 aromatic rings. The molecule has 0 atom stereocenters. The molecular formula is C23H17N. The zero-order valence-electron chi connectivity index (χ0n) is 13.3. The van der Waals surface area contributed by atoms with E-state index in [-0.39, 0.29) is 0 Å². The van der Waals surface area contributed by atoms with Gasteiger partial charge in [-0.15, -0.1) is 0 Å². The first-order chi connectivity index (χ1) is 11.9. The third kappa shape index (κ3) is 2.84. The fourth-order valence-electron chi connectivity index (χ4n) is 2.91. The van der Waals surface area contributed by atoms with Gasteiger partial charge in [0.05, 0.1) is 11.4 Å². The molecule has 4 rings (SSSR count). The van der Waals surface area contributed by atoms with Gasteiger partial charge in [-0.1, -0.05) is 97.1 Å². The summed E-state index contributed by atoms with van der Waals surface area (Å²) in [5.74, 6) is 0. The Balaban J connectivity index is 1.95. The van der Waals surface area contributed by atoms with E-state index >= 15 is 0 Å². The highest BCUT2D eigenvalue weighted by Crippen LogP contribution is 2.27. The van der Waals surface area contributed by atoms with Crippen LogP contribution in [0.5, 0.6) is 0 Å². The summed E-state index contributed by atoms with van der Waals surface area (Å²) in [6, 6.07) is 35.3. The first-order valence-electron chi connectivity index (χ1n) is 8.09. The number of hydrogen-bond donors (Lipinski definition) is 0. The molecule has 0 saturated heterocycles. The second-order valence-corrected chi connectivity index (χ2v) is 5.69. The van der Waals surface area contributed by atoms with Gasteiger partial charge in [0.1, 0.15) is 0 Å². The van der Waals surface area contributed by atoms with E-state index in [9.17, 15) is 0 Å². The van der Waals surface area contributed by atoms with Crippen LogP contribution in [0.1, 0.15) is 11.1 Å². The quantitative estimate of drug-likeness (QED) is 0.411. The minimum absolute atomic E-state index is 0.993. The van der Waals surface area contributed by atoms with Crippen LogP contribution in [-0.2, 0) is 0 Å². The van der Waals surface area contributed by atoms with E-state index in [0.29, 0.717) is 0 Å². The fourth-order valence-corrected chi connectivity index (χ4v) is 2.91. The largest absolute Gasteiger partial charge is 0.247 e. The highest BCUT2D eigenvalue weighted by Gasteiger charge is 2.08. The topological polar surface area (TPSA) is 12.4 Å². The monoisotopic (exact) mass is 307 g/mol. The van der Waals surface area contributed by atoms with E-state index in [1.807, 2.05) is 12.1 Å². The van der Waals surface area contributed by atoms with Crippen molar-refractivity contribution in [1.82, 2.24) is 0 Å². The Morgan fingerprint density at radius 2 is 1.04 bits per heavy atom. The molecule has 0 bridgehead atoms. The molecule has 0 saturated carbocycles. The number of fused-ring (bicyclic) bond motifs is 1. The zero-order valence-corrected chi connectivity index (χ0v) is 13.3. The Bertz CT molecular complexity index is 939. The van der Waals surface area contributed by atoms with Crippen molar-refractivity contribution in [3.05, 3.63) is 114 Å². The third-order valence-corrected chi connectivity index (χ3v) is 4.09. The SMILES string of the molecule is c1ccc(C(=Nc2cccc3ccccc23)c2ccccc2)cc1. The molecule has 0 aromatic heterocycles. The lowest BCUT2D eigenvalue weighted by Gasteiger charge is -2.09. The normalized spacial score (nSPS) is 10.5. The average Bonchev–Trinajstić information content (AvgIpc) is 2.67. The van der Waals surface area contributed by atoms with Crippen LogP contribution in [0, 0.1) is 0 Å². The number of hydrogen-bond acceptors (Lipinski definition) is 1. The van der Waals surface area contributed by atoms with Gasteiger partial charge >= 0.3 is 0 Å². The van der Waals surface area contributed by atoms with Gasteiger partial charge in [-0.3, -0.25) is 0 Å². The molecule has 1 heteroatoms. The van der Waals surface area contributed by atoms with Crippen molar-refractivity contribution in [3.8, 4) is 0 Å². The summed E-state index contributed by atoms with van der Waals surface area (Å²) < 4.78 is 0. The summed E-state index contributed by atoms with van der Waals surface area (Å²) in [6.07, 6.45) is 0. The molecule has 114 valence electrons. The lowest BCUT2D eigenvalue weighted by Crippen LogP contribution is -2.02. The lowest BCUT2D eigenvalue weighted by molar-refractivity contribution is 1.50. The van der Waals surface area contributed by atoms with Crippen LogP contribution in [0.4, 0.5) is 5.69 Å². The Kier molecular flexibility index (Phi) is 3.91. The average molecular weight is 307 g/mol. The Labute approximate surface area is 141 Å². The van der Waals surface area contributed by atoms with Gasteiger partial charge in [-0.05, 0) is 11.5 Å². The molecule has 0 fully saturated rings. The molecule has 0 heterocycles. The number of rotatable bonds is 3. The highest BCUT2D eigenvalue weighted by atomic mass is 14.8. The smallest absolute Gasteiger partial charge is 0.0781 e. The van der Waals surface area contributed by atoms with E-state index in [4.69, 9.17) is 4.99 Å². The van der Waals surface area contributed by atoms with E-state index in [2.05, 4.69) is 91.0 Å². The number of aliphatic imine (C=N–C) groups is 1. The van der Waals surface area contributed by atoms with Crippen molar-refractivity contribution in [2.75, 3.05) is 0 Å². The van der Waals surface area contributed by atoms with Crippen molar-refractivity contribution >= 4 is 22.2 Å². The summed E-state index contributed by atoms with van der Waals surface area (Å²) in [4.78, 5) is 5.04. The standard InChI is InChI=1S/C23H17N/c1-3-11-19(12-4-1)23(20-13-5-2-6-14-20)24-22-17-9-15-18-10-7-8-16-21(18)22/h1-17H. The van der Waals surface area contributed by atoms with E-state index in [1.165, 1.54) is 10.8 Å². The van der Waals surface area contributed by atoms with Crippen LogP contribution < -0.4 is 0 Å². The number of nitrogens with zero attached hydrogens (tertiary/aromatic N) is 1. The third-order valence-electron chi connectivity index (χ3n) is 4.09. The first-order valence-corrected chi connectivity index (χ1v) is 8.09. The van der Waals surface area contributed by atoms with Crippen LogP contribution in [0.25, 0.3) is 10.8 Å². The summed E-state index contributed by atoms with van der Waals surface area (Å²) >= 11 is 0. The molecule has 0 radical (unpaired) electrons. The van der Waals surface area contributed by atoms with Crippen molar-refractivity contribution in [2.24, 2.45) is 4.99 Å². The van der Waals surface area contributed by atoms with Crippen LogP contribution in [-0.4, -0.2) is 5.71 Å². The maximum atomic E-state index is 5.04. The zero-order chi connectivity index (χ0) is 16.2. The molecule has 0 aliphatic heterocycles. The van der Waals surface area contributed by atoms with Crippen molar-refractivity contribution in [3.63, 3.8) is 0 Å². The van der Waals surface area contributed by atoms with Crippen LogP contribution in [0.15, 0.2) is 108 Å². The van der Waals surface area contributed by atoms with Gasteiger partial charge in [-0.25, -0.2) is 4.99 Å². The van der Waals surface area contributed by atoms with Crippen LogP contribution >= 0.6 is 0 Å². The molecule has 0 aliphatic carbocycles. The fraction of sp³-hybridized carbons (Fsp3) is 0. The predicted octanol–water partition coefficient (Wildman–Crippen LogP) is 6.01. The Morgan fingerprint density at radius 3 is 1.71 bits per heavy atom. The summed E-state index contributed by atoms with van der Waals surface area (Å²) in [7, 11) is 0. The Hall–Kier alpha value is -3.19. The highest BCUT2D eigenvalue weighted by molar-refractivity contribution is 6.15. The van der Waals surface area contributed by atoms with Crippen molar-refractivity contribution in [1.29, 1.82) is 0 Å². The van der Waals surface area contributed by atoms with E-state index < -0.39 is 0 Å². The van der Waals surface area contributed by atoms with Gasteiger partial charge in [0.2, 0.25) is 0 Å². The van der Waals surface area contributed by atoms with Gasteiger partial charge in [-0.2, -0.15) is 0 Å². The summed E-state index contributed by atoms with van der Waals surface area (Å²) in [5, 5.41) is 2.38. The molecule has 24 heavy (non-hydrogen) atoms. The van der Waals surface area contributed by atoms with Gasteiger partial charge < -0.3 is 0 Å². The second kappa shape index (κ2) is 6.51. The molecule has 1 nitrogen and oxygen atoms in total. The van der Waals surface area contributed by atoms with Crippen LogP contribution in [0.3, 0.4) is 0 Å². The molecule has 0 spiro atoms. The summed E-state index contributed by atoms with van der Waals surface area (Å²) in [5.41, 5.74) is 4.23. The molecule has 0 amide bonds. The lowest BCUT2D eigenvalue weighted by atomic mass is 10.0. The minimum Gasteiger partial charge on any atom is -0.247 e. The van der Waals surface area contributed by atoms with Gasteiger partial charge in [0, 0.05) is 16.5 Å². The maximum absolute atomic E-state index is 5.04. The molecule has 4 aromatic carbocycles. The maximum Gasteiger partial charge on any atom is 0.0781 e. The minimum atomic E-state index is 0.993. The predicted molar refractivity (Wildman–Crippen MR) is 102 cm³/mol. The molecule has 0 N–H and O–H groups in total. The van der Waals surface area contributed by atoms with Crippen molar-refractivity contribution < 1.29 is 0 Å². The first kappa shape index (κ1) is 14.4. The van der Waals surface area contributed by atoms with Gasteiger partial charge in [0.15, 0.2) is 0 Å². The number of benzene rings is 4. The molecule has 0 aliphatic rings. The van der Waals surface area contributed by atoms with E-state index in [1.54, 1.807) is 0 Å². The van der Waals surface area contributed by atoms with Gasteiger partial charge in [0.25, 0.3) is 0 Å². The Morgan fingerprint density at radius 1 is 0.500 bits per heavy atom. The second-order valence-electron chi connectivity index (χ2n) is 5.69. The van der Waals surface area contributed by atoms with Crippen molar-refractivity contribution in [2.45, 2.75) is 0 Å². The van der Waals surface area contributed by atoms with Crippen LogP contribution in [0.2, 0.25) is 0 Å². The molecule has 0 unspecified atom stereocenters. The molecular weight excluding hydrogens is 290 g/mol.